The van der Waals surface area contributed by atoms with Gasteiger partial charge in [0.25, 0.3) is 5.56 Å². The molecule has 6 nitrogen and oxygen atoms in total. The molecule has 7 heteroatoms. The van der Waals surface area contributed by atoms with Crippen molar-refractivity contribution >= 4 is 22.2 Å². The standard InChI is InChI=1S/C23H22FN3O3/c24-14-2-4-17-18(12-14)22(28)20-16-5-3-15(25)13-19(16)23(29)27(21(17)20)7-1-6-26-8-10-30-11-9-26/h2-5,12-13H,1,6-11,25H2. The molecule has 0 amide bonds. The first-order valence-corrected chi connectivity index (χ1v) is 10.2. The van der Waals surface area contributed by atoms with Gasteiger partial charge in [0, 0.05) is 53.8 Å². The number of rotatable bonds is 4. The zero-order chi connectivity index (χ0) is 20.8. The van der Waals surface area contributed by atoms with Gasteiger partial charge < -0.3 is 15.0 Å². The smallest absolute Gasteiger partial charge is 0.259 e. The van der Waals surface area contributed by atoms with Crippen LogP contribution >= 0.6 is 0 Å². The van der Waals surface area contributed by atoms with E-state index in [9.17, 15) is 14.0 Å². The van der Waals surface area contributed by atoms with Crippen LogP contribution in [0.1, 0.15) is 22.3 Å². The summed E-state index contributed by atoms with van der Waals surface area (Å²) in [5.41, 5.74) is 8.16. The summed E-state index contributed by atoms with van der Waals surface area (Å²) in [4.78, 5) is 28.9. The van der Waals surface area contributed by atoms with Crippen LogP contribution in [0.4, 0.5) is 10.1 Å². The van der Waals surface area contributed by atoms with Crippen LogP contribution in [0, 0.1) is 5.82 Å². The van der Waals surface area contributed by atoms with E-state index in [0.29, 0.717) is 45.4 Å². The lowest BCUT2D eigenvalue weighted by Crippen LogP contribution is -2.37. The molecule has 1 aliphatic heterocycles. The van der Waals surface area contributed by atoms with Gasteiger partial charge in [-0.15, -0.1) is 0 Å². The Kier molecular flexibility index (Phi) is 4.64. The Morgan fingerprint density at radius 1 is 0.967 bits per heavy atom. The van der Waals surface area contributed by atoms with Crippen molar-refractivity contribution in [1.82, 2.24) is 9.47 Å². The number of hydrogen-bond acceptors (Lipinski definition) is 5. The summed E-state index contributed by atoms with van der Waals surface area (Å²) < 4.78 is 20.9. The van der Waals surface area contributed by atoms with E-state index in [1.165, 1.54) is 12.1 Å². The lowest BCUT2D eigenvalue weighted by Gasteiger charge is -2.26. The van der Waals surface area contributed by atoms with Crippen molar-refractivity contribution in [2.45, 2.75) is 13.0 Å². The summed E-state index contributed by atoms with van der Waals surface area (Å²) >= 11 is 0. The van der Waals surface area contributed by atoms with E-state index in [-0.39, 0.29) is 11.3 Å². The fourth-order valence-corrected chi connectivity index (χ4v) is 4.51. The first-order valence-electron chi connectivity index (χ1n) is 10.2. The Bertz CT molecular complexity index is 1230. The van der Waals surface area contributed by atoms with Crippen LogP contribution in [0.3, 0.4) is 0 Å². The summed E-state index contributed by atoms with van der Waals surface area (Å²) in [6, 6.07) is 9.19. The van der Waals surface area contributed by atoms with Gasteiger partial charge in [-0.05, 0) is 36.8 Å². The van der Waals surface area contributed by atoms with E-state index in [1.54, 1.807) is 28.8 Å². The third kappa shape index (κ3) is 3.02. The van der Waals surface area contributed by atoms with Crippen LogP contribution in [-0.2, 0) is 11.3 Å². The highest BCUT2D eigenvalue weighted by atomic mass is 19.1. The third-order valence-corrected chi connectivity index (χ3v) is 5.96. The molecule has 2 N–H and O–H groups in total. The number of carbonyl (C=O) groups is 1. The maximum atomic E-state index is 13.9. The zero-order valence-electron chi connectivity index (χ0n) is 16.5. The second-order valence-corrected chi connectivity index (χ2v) is 7.81. The van der Waals surface area contributed by atoms with Crippen LogP contribution in [0.25, 0.3) is 22.0 Å². The number of benzene rings is 2. The largest absolute Gasteiger partial charge is 0.399 e. The van der Waals surface area contributed by atoms with E-state index >= 15 is 0 Å². The molecule has 5 rings (SSSR count). The molecular weight excluding hydrogens is 385 g/mol. The highest BCUT2D eigenvalue weighted by molar-refractivity contribution is 6.26. The number of halogens is 1. The fraction of sp³-hybridized carbons (Fsp3) is 0.304. The number of nitrogens with two attached hydrogens (primary N) is 1. The summed E-state index contributed by atoms with van der Waals surface area (Å²) in [7, 11) is 0. The third-order valence-electron chi connectivity index (χ3n) is 5.96. The van der Waals surface area contributed by atoms with Gasteiger partial charge in [-0.2, -0.15) is 0 Å². The lowest BCUT2D eigenvalue weighted by atomic mass is 10.0. The van der Waals surface area contributed by atoms with E-state index in [0.717, 1.165) is 39.3 Å². The zero-order valence-corrected chi connectivity index (χ0v) is 16.5. The molecule has 1 saturated heterocycles. The minimum absolute atomic E-state index is 0.178. The van der Waals surface area contributed by atoms with Gasteiger partial charge in [0.1, 0.15) is 5.82 Å². The van der Waals surface area contributed by atoms with Gasteiger partial charge in [0.2, 0.25) is 0 Å². The van der Waals surface area contributed by atoms with E-state index in [4.69, 9.17) is 10.5 Å². The van der Waals surface area contributed by atoms with Crippen LogP contribution in [0.5, 0.6) is 0 Å². The number of nitrogens with zero attached hydrogens (tertiary/aromatic N) is 2. The molecule has 2 aliphatic rings. The molecule has 2 heterocycles. The molecular formula is C23H22FN3O3. The SMILES string of the molecule is Nc1ccc2c3c(n(CCCN4CCOCC4)c(=O)c2c1)-c1ccc(F)cc1C3=O. The number of carbonyl (C=O) groups excluding carboxylic acids is 1. The first-order chi connectivity index (χ1) is 14.5. The average Bonchev–Trinajstić information content (AvgIpc) is 3.03. The molecule has 1 aromatic heterocycles. The van der Waals surface area contributed by atoms with E-state index in [1.807, 2.05) is 0 Å². The van der Waals surface area contributed by atoms with Gasteiger partial charge in [-0.25, -0.2) is 4.39 Å². The van der Waals surface area contributed by atoms with Gasteiger partial charge in [0.15, 0.2) is 5.78 Å². The van der Waals surface area contributed by atoms with Crippen LogP contribution in [-0.4, -0.2) is 48.1 Å². The average molecular weight is 407 g/mol. The predicted octanol–water partition coefficient (Wildman–Crippen LogP) is 2.66. The molecule has 3 aromatic rings. The van der Waals surface area contributed by atoms with Gasteiger partial charge in [-0.1, -0.05) is 6.07 Å². The molecule has 0 radical (unpaired) electrons. The number of fused-ring (bicyclic) bond motifs is 5. The van der Waals surface area contributed by atoms with Crippen molar-refractivity contribution in [2.24, 2.45) is 0 Å². The monoisotopic (exact) mass is 407 g/mol. The Morgan fingerprint density at radius 2 is 1.77 bits per heavy atom. The molecule has 154 valence electrons. The maximum Gasteiger partial charge on any atom is 0.259 e. The molecule has 0 spiro atoms. The van der Waals surface area contributed by atoms with Gasteiger partial charge in [0.05, 0.1) is 24.5 Å². The van der Waals surface area contributed by atoms with E-state index in [2.05, 4.69) is 4.90 Å². The summed E-state index contributed by atoms with van der Waals surface area (Å²) in [6.07, 6.45) is 0.755. The summed E-state index contributed by atoms with van der Waals surface area (Å²) in [5, 5.41) is 0.983. The van der Waals surface area contributed by atoms with Crippen LogP contribution in [0.15, 0.2) is 41.2 Å². The molecule has 0 saturated carbocycles. The molecule has 30 heavy (non-hydrogen) atoms. The minimum Gasteiger partial charge on any atom is -0.399 e. The Hall–Kier alpha value is -3.03. The van der Waals surface area contributed by atoms with Gasteiger partial charge >= 0.3 is 0 Å². The van der Waals surface area contributed by atoms with Gasteiger partial charge in [-0.3, -0.25) is 14.5 Å². The fourth-order valence-electron chi connectivity index (χ4n) is 4.51. The molecule has 1 aliphatic carbocycles. The molecule has 0 atom stereocenters. The Balaban J connectivity index is 1.63. The molecule has 0 bridgehead atoms. The topological polar surface area (TPSA) is 77.6 Å². The first kappa shape index (κ1) is 19.0. The highest BCUT2D eigenvalue weighted by Gasteiger charge is 2.33. The van der Waals surface area contributed by atoms with Crippen molar-refractivity contribution < 1.29 is 13.9 Å². The van der Waals surface area contributed by atoms with Crippen molar-refractivity contribution in [3.8, 4) is 11.3 Å². The molecule has 0 unspecified atom stereocenters. The van der Waals surface area contributed by atoms with Crippen molar-refractivity contribution in [2.75, 3.05) is 38.6 Å². The number of hydrogen-bond donors (Lipinski definition) is 1. The Morgan fingerprint density at radius 3 is 2.57 bits per heavy atom. The van der Waals surface area contributed by atoms with Crippen molar-refractivity contribution in [1.29, 1.82) is 0 Å². The normalized spacial score (nSPS) is 16.1. The van der Waals surface area contributed by atoms with Crippen LogP contribution in [0.2, 0.25) is 0 Å². The number of ketones is 1. The Labute approximate surface area is 172 Å². The number of aromatic nitrogens is 1. The highest BCUT2D eigenvalue weighted by Crippen LogP contribution is 2.39. The van der Waals surface area contributed by atoms with Crippen LogP contribution < -0.4 is 11.3 Å². The number of ether oxygens (including phenoxy) is 1. The summed E-state index contributed by atoms with van der Waals surface area (Å²) in [5.74, 6) is -0.721. The molecule has 2 aromatic carbocycles. The van der Waals surface area contributed by atoms with E-state index < -0.39 is 5.82 Å². The molecule has 1 fully saturated rings. The van der Waals surface area contributed by atoms with Crippen molar-refractivity contribution in [3.63, 3.8) is 0 Å². The number of anilines is 1. The lowest BCUT2D eigenvalue weighted by molar-refractivity contribution is 0.0369. The second-order valence-electron chi connectivity index (χ2n) is 7.81. The summed E-state index contributed by atoms with van der Waals surface area (Å²) in [6.45, 7) is 4.50. The maximum absolute atomic E-state index is 13.9. The second kappa shape index (κ2) is 7.34. The van der Waals surface area contributed by atoms with Crippen molar-refractivity contribution in [3.05, 3.63) is 63.7 Å². The number of morpholine rings is 1. The minimum atomic E-state index is -0.468. The predicted molar refractivity (Wildman–Crippen MR) is 113 cm³/mol. The number of pyridine rings is 1. The number of nitrogen functional groups attached to an aromatic ring is 1. The quantitative estimate of drug-likeness (QED) is 0.527.